The predicted molar refractivity (Wildman–Crippen MR) is 51.8 cm³/mol. The highest BCUT2D eigenvalue weighted by atomic mass is 16.7. The Hall–Kier alpha value is -2.17. The summed E-state index contributed by atoms with van der Waals surface area (Å²) in [5.74, 6) is 1.44. The van der Waals surface area contributed by atoms with Crippen LogP contribution in [0.25, 0.3) is 6.20 Å². The van der Waals surface area contributed by atoms with Crippen molar-refractivity contribution >= 4 is 6.20 Å². The molecule has 0 atom stereocenters. The molecule has 0 unspecified atom stereocenters. The zero-order chi connectivity index (χ0) is 10.1. The Morgan fingerprint density at radius 2 is 1.87 bits per heavy atom. The van der Waals surface area contributed by atoms with Crippen LogP contribution in [-0.2, 0) is 0 Å². The maximum atomic E-state index is 5.26. The highest BCUT2D eigenvalue weighted by molar-refractivity contribution is 5.43. The normalized spacial score (nSPS) is 24.8. The van der Waals surface area contributed by atoms with Gasteiger partial charge in [0.15, 0.2) is 11.5 Å². The summed E-state index contributed by atoms with van der Waals surface area (Å²) >= 11 is 0. The number of benzene rings is 1. The van der Waals surface area contributed by atoms with Gasteiger partial charge in [-0.2, -0.15) is 10.2 Å². The average molecular weight is 201 g/mol. The fraction of sp³-hybridized carbons (Fsp3) is 0.100. The quantitative estimate of drug-likeness (QED) is 0.620. The van der Waals surface area contributed by atoms with Crippen molar-refractivity contribution in [1.29, 1.82) is 0 Å². The van der Waals surface area contributed by atoms with Gasteiger partial charge in [0.1, 0.15) is 0 Å². The lowest BCUT2D eigenvalue weighted by Crippen LogP contribution is -2.23. The third-order valence-corrected chi connectivity index (χ3v) is 2.13. The summed E-state index contributed by atoms with van der Waals surface area (Å²) in [4.78, 5) is 4.22. The average Bonchev–Trinajstić information content (AvgIpc) is 2.64. The van der Waals surface area contributed by atoms with E-state index in [1.54, 1.807) is 12.4 Å². The molecule has 0 amide bonds. The van der Waals surface area contributed by atoms with E-state index >= 15 is 0 Å². The van der Waals surface area contributed by atoms with Gasteiger partial charge in [-0.25, -0.2) is 0 Å². The second-order valence-corrected chi connectivity index (χ2v) is 3.05. The van der Waals surface area contributed by atoms with E-state index in [1.165, 1.54) is 6.20 Å². The second kappa shape index (κ2) is 3.20. The van der Waals surface area contributed by atoms with Crippen LogP contribution < -0.4 is 20.0 Å². The zero-order valence-electron chi connectivity index (χ0n) is 7.75. The minimum Gasteiger partial charge on any atom is -0.454 e. The van der Waals surface area contributed by atoms with E-state index in [1.807, 2.05) is 12.1 Å². The first kappa shape index (κ1) is 8.16. The Labute approximate surface area is 85.1 Å². The lowest BCUT2D eigenvalue weighted by molar-refractivity contribution is 0.174. The van der Waals surface area contributed by atoms with Gasteiger partial charge >= 0.3 is 0 Å². The first-order valence-electron chi connectivity index (χ1n) is 4.46. The molecule has 0 aliphatic carbocycles. The van der Waals surface area contributed by atoms with Crippen molar-refractivity contribution in [3.63, 3.8) is 0 Å². The Kier molecular flexibility index (Phi) is 1.74. The van der Waals surface area contributed by atoms with Crippen LogP contribution >= 0.6 is 0 Å². The molecule has 2 heterocycles. The molecule has 3 rings (SSSR count). The molecule has 0 radical (unpaired) electrons. The smallest absolute Gasteiger partial charge is 0.231 e. The van der Waals surface area contributed by atoms with Gasteiger partial charge in [0.25, 0.3) is 0 Å². The topological polar surface area (TPSA) is 55.5 Å². The number of fused-ring (bicyclic) bond motifs is 2. The van der Waals surface area contributed by atoms with Gasteiger partial charge in [-0.1, -0.05) is 0 Å². The molecule has 15 heavy (non-hydrogen) atoms. The lowest BCUT2D eigenvalue weighted by atomic mass is 10.2. The van der Waals surface area contributed by atoms with Crippen LogP contribution in [0.5, 0.6) is 11.5 Å². The van der Waals surface area contributed by atoms with Gasteiger partial charge < -0.3 is 9.47 Å². The number of hydrogen-bond donors (Lipinski definition) is 0. The molecular weight excluding hydrogens is 194 g/mol. The molecule has 2 aliphatic rings. The Bertz CT molecular complexity index is 524. The van der Waals surface area contributed by atoms with Gasteiger partial charge in [0, 0.05) is 17.5 Å². The maximum absolute atomic E-state index is 5.26. The van der Waals surface area contributed by atoms with Crippen molar-refractivity contribution < 1.29 is 9.47 Å². The number of rotatable bonds is 0. The molecule has 0 aromatic heterocycles. The van der Waals surface area contributed by atoms with E-state index in [9.17, 15) is 0 Å². The van der Waals surface area contributed by atoms with Crippen LogP contribution in [0.1, 0.15) is 0 Å². The summed E-state index contributed by atoms with van der Waals surface area (Å²) in [6.45, 7) is 0.260. The third-order valence-electron chi connectivity index (χ3n) is 2.13. The molecule has 1 aromatic rings. The largest absolute Gasteiger partial charge is 0.454 e. The Morgan fingerprint density at radius 1 is 1.00 bits per heavy atom. The number of ether oxygens (including phenoxy) is 2. The third kappa shape index (κ3) is 1.38. The number of nitrogens with zero attached hydrogens (tertiary/aromatic N) is 3. The molecule has 0 N–H and O–H groups in total. The van der Waals surface area contributed by atoms with Gasteiger partial charge in [-0.3, -0.25) is 4.99 Å². The van der Waals surface area contributed by atoms with Crippen LogP contribution in [0.2, 0.25) is 0 Å². The van der Waals surface area contributed by atoms with Gasteiger partial charge in [0.2, 0.25) is 6.79 Å². The summed E-state index contributed by atoms with van der Waals surface area (Å²) in [5, 5.41) is 9.27. The Balaban J connectivity index is 2.33. The van der Waals surface area contributed by atoms with E-state index in [-0.39, 0.29) is 6.79 Å². The molecule has 2 aliphatic heterocycles. The summed E-state index contributed by atoms with van der Waals surface area (Å²) in [5.41, 5.74) is 0. The van der Waals surface area contributed by atoms with Crippen molar-refractivity contribution in [2.45, 2.75) is 0 Å². The molecule has 1 aromatic carbocycles. The molecule has 0 saturated heterocycles. The van der Waals surface area contributed by atoms with Crippen molar-refractivity contribution in [1.82, 2.24) is 0 Å². The number of azo groups is 1. The maximum Gasteiger partial charge on any atom is 0.231 e. The van der Waals surface area contributed by atoms with Gasteiger partial charge in [-0.05, 0) is 6.07 Å². The van der Waals surface area contributed by atoms with E-state index in [0.29, 0.717) is 0 Å². The first-order valence-corrected chi connectivity index (χ1v) is 4.46. The molecule has 74 valence electrons. The SMILES string of the molecule is C1=C\N=c2/cc3c(c/c2=C/N=N/1)OCO3. The minimum absolute atomic E-state index is 0.260. The van der Waals surface area contributed by atoms with E-state index in [2.05, 4.69) is 15.2 Å². The monoisotopic (exact) mass is 201 g/mol. The molecule has 5 nitrogen and oxygen atoms in total. The molecular formula is C10H7N3O2. The standard InChI is InChI=1S/C10H7N3O2/c1-2-12-13-5-7-3-9-10(15-6-14-9)4-8(7)11-1/h1-5H,6H2/b2-1-,7-5-,11-1?,11-8+,12-2?,13-5?,13-12+. The molecule has 5 heteroatoms. The van der Waals surface area contributed by atoms with E-state index in [0.717, 1.165) is 22.1 Å². The highest BCUT2D eigenvalue weighted by Crippen LogP contribution is 2.27. The van der Waals surface area contributed by atoms with Crippen LogP contribution in [0.3, 0.4) is 0 Å². The fourth-order valence-electron chi connectivity index (χ4n) is 1.44. The summed E-state index contributed by atoms with van der Waals surface area (Å²) in [7, 11) is 0. The van der Waals surface area contributed by atoms with Gasteiger partial charge in [0.05, 0.1) is 17.8 Å². The van der Waals surface area contributed by atoms with Crippen molar-refractivity contribution in [3.8, 4) is 11.5 Å². The summed E-state index contributed by atoms with van der Waals surface area (Å²) in [6.07, 6.45) is 4.77. The second-order valence-electron chi connectivity index (χ2n) is 3.05. The van der Waals surface area contributed by atoms with Crippen molar-refractivity contribution in [3.05, 3.63) is 35.1 Å². The highest BCUT2D eigenvalue weighted by Gasteiger charge is 2.13. The van der Waals surface area contributed by atoms with E-state index < -0.39 is 0 Å². The van der Waals surface area contributed by atoms with Crippen molar-refractivity contribution in [2.24, 2.45) is 15.2 Å². The molecule has 0 saturated carbocycles. The summed E-state index contributed by atoms with van der Waals surface area (Å²) < 4.78 is 10.5. The van der Waals surface area contributed by atoms with Crippen LogP contribution in [0, 0.1) is 0 Å². The lowest BCUT2D eigenvalue weighted by Gasteiger charge is -1.95. The minimum atomic E-state index is 0.260. The zero-order valence-corrected chi connectivity index (χ0v) is 7.75. The predicted octanol–water partition coefficient (Wildman–Crippen LogP) is 0.710. The molecule has 0 spiro atoms. The summed E-state index contributed by atoms with van der Waals surface area (Å²) in [6, 6.07) is 3.68. The van der Waals surface area contributed by atoms with Crippen molar-refractivity contribution in [2.75, 3.05) is 6.79 Å². The first-order chi connectivity index (χ1) is 7.43. The van der Waals surface area contributed by atoms with Crippen LogP contribution in [0.15, 0.2) is 39.8 Å². The molecule has 0 fully saturated rings. The molecule has 0 bridgehead atoms. The fourth-order valence-corrected chi connectivity index (χ4v) is 1.44. The van der Waals surface area contributed by atoms with Crippen LogP contribution in [-0.4, -0.2) is 6.79 Å². The number of hydrogen-bond acceptors (Lipinski definition) is 5. The van der Waals surface area contributed by atoms with Gasteiger partial charge in [-0.15, -0.1) is 0 Å². The van der Waals surface area contributed by atoms with Crippen LogP contribution in [0.4, 0.5) is 0 Å². The Morgan fingerprint density at radius 3 is 2.80 bits per heavy atom. The van der Waals surface area contributed by atoms with E-state index in [4.69, 9.17) is 9.47 Å².